The first kappa shape index (κ1) is 16.2. The number of halogens is 1. The number of hydrogen-bond acceptors (Lipinski definition) is 4. The molecule has 2 aliphatic heterocycles. The lowest BCUT2D eigenvalue weighted by molar-refractivity contribution is 0.176. The lowest BCUT2D eigenvalue weighted by Gasteiger charge is -2.36. The van der Waals surface area contributed by atoms with Crippen LogP contribution in [-0.2, 0) is 0 Å². The Hall–Kier alpha value is -2.04. The zero-order valence-corrected chi connectivity index (χ0v) is 15.5. The molecule has 0 atom stereocenters. The van der Waals surface area contributed by atoms with Crippen LogP contribution < -0.4 is 5.32 Å². The molecule has 0 radical (unpaired) electrons. The van der Waals surface area contributed by atoms with Gasteiger partial charge in [-0.1, -0.05) is 23.7 Å². The van der Waals surface area contributed by atoms with Gasteiger partial charge in [-0.2, -0.15) is 0 Å². The van der Waals surface area contributed by atoms with Crippen molar-refractivity contribution in [2.45, 2.75) is 12.8 Å². The van der Waals surface area contributed by atoms with Crippen molar-refractivity contribution in [2.75, 3.05) is 38.0 Å². The van der Waals surface area contributed by atoms with Crippen LogP contribution in [0.25, 0.3) is 0 Å². The average molecular weight is 367 g/mol. The van der Waals surface area contributed by atoms with Crippen LogP contribution in [0.5, 0.6) is 0 Å². The fourth-order valence-electron chi connectivity index (χ4n) is 3.86. The summed E-state index contributed by atoms with van der Waals surface area (Å²) in [5, 5.41) is 4.25. The fraction of sp³-hybridized carbons (Fsp3) is 0.381. The maximum Gasteiger partial charge on any atom is 0.138 e. The summed E-state index contributed by atoms with van der Waals surface area (Å²) < 4.78 is 0. The highest BCUT2D eigenvalue weighted by Gasteiger charge is 2.28. The first-order valence-electron chi connectivity index (χ1n) is 9.48. The molecule has 5 heteroatoms. The number of nitrogens with one attached hydrogen (secondary N) is 1. The van der Waals surface area contributed by atoms with Gasteiger partial charge in [-0.05, 0) is 49.1 Å². The summed E-state index contributed by atoms with van der Waals surface area (Å²) in [7, 11) is 0. The van der Waals surface area contributed by atoms with Gasteiger partial charge in [-0.25, -0.2) is 4.99 Å². The van der Waals surface area contributed by atoms with Crippen molar-refractivity contribution in [2.24, 2.45) is 10.9 Å². The van der Waals surface area contributed by atoms with Crippen LogP contribution in [0.2, 0.25) is 5.02 Å². The lowest BCUT2D eigenvalue weighted by Crippen LogP contribution is -2.49. The van der Waals surface area contributed by atoms with E-state index in [0.29, 0.717) is 5.02 Å². The van der Waals surface area contributed by atoms with E-state index in [4.69, 9.17) is 16.6 Å². The van der Waals surface area contributed by atoms with Crippen LogP contribution in [0.15, 0.2) is 47.5 Å². The van der Waals surface area contributed by atoms with Gasteiger partial charge >= 0.3 is 0 Å². The minimum absolute atomic E-state index is 0.717. The van der Waals surface area contributed by atoms with Gasteiger partial charge in [-0.15, -0.1) is 0 Å². The fourth-order valence-corrected chi connectivity index (χ4v) is 4.02. The monoisotopic (exact) mass is 366 g/mol. The molecule has 2 aromatic carbocycles. The van der Waals surface area contributed by atoms with Crippen molar-refractivity contribution in [1.82, 2.24) is 9.80 Å². The molecule has 1 N–H and O–H groups in total. The Balaban J connectivity index is 1.47. The quantitative estimate of drug-likeness (QED) is 0.848. The Bertz CT molecular complexity index is 851. The number of amidine groups is 1. The average Bonchev–Trinajstić information content (AvgIpc) is 3.48. The van der Waals surface area contributed by atoms with Gasteiger partial charge in [0.2, 0.25) is 0 Å². The van der Waals surface area contributed by atoms with Crippen LogP contribution in [-0.4, -0.2) is 48.4 Å². The van der Waals surface area contributed by atoms with Crippen LogP contribution in [0.4, 0.5) is 17.1 Å². The summed E-state index contributed by atoms with van der Waals surface area (Å²) in [5.74, 6) is 2.01. The molecule has 0 bridgehead atoms. The van der Waals surface area contributed by atoms with E-state index in [1.165, 1.54) is 19.4 Å². The van der Waals surface area contributed by atoms with Crippen molar-refractivity contribution in [3.63, 3.8) is 0 Å². The summed E-state index contributed by atoms with van der Waals surface area (Å²) in [5.41, 5.74) is 4.18. The third-order valence-electron chi connectivity index (χ3n) is 5.51. The third kappa shape index (κ3) is 3.19. The SMILES string of the molecule is Clc1ccc2c(c1)N=C(N1CCN(CC3CC3)CC1)c1ccccc1N2. The predicted octanol–water partition coefficient (Wildman–Crippen LogP) is 4.50. The van der Waals surface area contributed by atoms with E-state index in [2.05, 4.69) is 39.4 Å². The van der Waals surface area contributed by atoms with Gasteiger partial charge in [0.1, 0.15) is 5.84 Å². The Morgan fingerprint density at radius 2 is 1.81 bits per heavy atom. The molecule has 1 saturated carbocycles. The molecular weight excluding hydrogens is 344 g/mol. The maximum atomic E-state index is 6.23. The maximum absolute atomic E-state index is 6.23. The first-order valence-corrected chi connectivity index (χ1v) is 9.86. The van der Waals surface area contributed by atoms with Gasteiger partial charge in [0.05, 0.1) is 11.4 Å². The molecule has 2 heterocycles. The smallest absolute Gasteiger partial charge is 0.138 e. The predicted molar refractivity (Wildman–Crippen MR) is 108 cm³/mol. The van der Waals surface area contributed by atoms with Gasteiger partial charge in [0.25, 0.3) is 0 Å². The number of aliphatic imine (C=N–C) groups is 1. The minimum Gasteiger partial charge on any atom is -0.353 e. The van der Waals surface area contributed by atoms with Crippen molar-refractivity contribution < 1.29 is 0 Å². The molecule has 5 rings (SSSR count). The molecule has 0 spiro atoms. The van der Waals surface area contributed by atoms with Crippen LogP contribution >= 0.6 is 11.6 Å². The molecule has 4 nitrogen and oxygen atoms in total. The lowest BCUT2D eigenvalue weighted by atomic mass is 10.1. The standard InChI is InChI=1S/C21H23ClN4/c22-16-7-8-19-20(13-16)24-21(17-3-1-2-4-18(17)23-19)26-11-9-25(10-12-26)14-15-5-6-15/h1-4,7-8,13,15,23H,5-6,9-12,14H2. The second-order valence-corrected chi connectivity index (χ2v) is 7.93. The highest BCUT2D eigenvalue weighted by molar-refractivity contribution is 6.31. The zero-order chi connectivity index (χ0) is 17.5. The van der Waals surface area contributed by atoms with Gasteiger partial charge in [0, 0.05) is 49.0 Å². The summed E-state index contributed by atoms with van der Waals surface area (Å²) >= 11 is 6.23. The van der Waals surface area contributed by atoms with Crippen molar-refractivity contribution in [3.8, 4) is 0 Å². The van der Waals surface area contributed by atoms with Crippen molar-refractivity contribution in [3.05, 3.63) is 53.1 Å². The highest BCUT2D eigenvalue weighted by atomic mass is 35.5. The summed E-state index contributed by atoms with van der Waals surface area (Å²) in [6.07, 6.45) is 2.84. The topological polar surface area (TPSA) is 30.9 Å². The number of benzene rings is 2. The number of nitrogens with zero attached hydrogens (tertiary/aromatic N) is 3. The van der Waals surface area contributed by atoms with E-state index in [9.17, 15) is 0 Å². The molecule has 2 fully saturated rings. The van der Waals surface area contributed by atoms with Gasteiger partial charge in [0.15, 0.2) is 0 Å². The number of anilines is 2. The summed E-state index contributed by atoms with van der Waals surface area (Å²) in [4.78, 5) is 10.1. The molecule has 1 saturated heterocycles. The second-order valence-electron chi connectivity index (χ2n) is 7.50. The highest BCUT2D eigenvalue weighted by Crippen LogP contribution is 2.36. The number of fused-ring (bicyclic) bond motifs is 2. The minimum atomic E-state index is 0.717. The van der Waals surface area contributed by atoms with E-state index in [-0.39, 0.29) is 0 Å². The number of piperazine rings is 1. The normalized spacial score (nSPS) is 19.9. The Kier molecular flexibility index (Phi) is 4.10. The van der Waals surface area contributed by atoms with Crippen LogP contribution in [0.3, 0.4) is 0 Å². The van der Waals surface area contributed by atoms with E-state index in [1.54, 1.807) is 0 Å². The van der Waals surface area contributed by atoms with Gasteiger partial charge < -0.3 is 10.2 Å². The van der Waals surface area contributed by atoms with Crippen molar-refractivity contribution in [1.29, 1.82) is 0 Å². The molecule has 0 amide bonds. The number of rotatable bonds is 2. The zero-order valence-electron chi connectivity index (χ0n) is 14.8. The molecule has 1 aliphatic carbocycles. The molecule has 26 heavy (non-hydrogen) atoms. The van der Waals surface area contributed by atoms with E-state index in [0.717, 1.165) is 60.6 Å². The molecule has 134 valence electrons. The third-order valence-corrected chi connectivity index (χ3v) is 5.74. The molecule has 2 aromatic rings. The van der Waals surface area contributed by atoms with Crippen LogP contribution in [0, 0.1) is 5.92 Å². The van der Waals surface area contributed by atoms with Gasteiger partial charge in [-0.3, -0.25) is 4.90 Å². The Morgan fingerprint density at radius 3 is 2.62 bits per heavy atom. The Morgan fingerprint density at radius 1 is 1.00 bits per heavy atom. The van der Waals surface area contributed by atoms with Crippen LogP contribution in [0.1, 0.15) is 18.4 Å². The summed E-state index contributed by atoms with van der Waals surface area (Å²) in [6, 6.07) is 14.3. The van der Waals surface area contributed by atoms with Crippen molar-refractivity contribution >= 4 is 34.5 Å². The first-order chi connectivity index (χ1) is 12.8. The number of hydrogen-bond donors (Lipinski definition) is 1. The second kappa shape index (κ2) is 6.60. The molecule has 0 unspecified atom stereocenters. The van der Waals surface area contributed by atoms with E-state index < -0.39 is 0 Å². The summed E-state index contributed by atoms with van der Waals surface area (Å²) in [6.45, 7) is 5.56. The largest absolute Gasteiger partial charge is 0.353 e. The number of para-hydroxylation sites is 1. The molecular formula is C21H23ClN4. The Labute approximate surface area is 159 Å². The van der Waals surface area contributed by atoms with E-state index in [1.807, 2.05) is 18.2 Å². The van der Waals surface area contributed by atoms with E-state index >= 15 is 0 Å². The molecule has 3 aliphatic rings. The molecule has 0 aromatic heterocycles.